The smallest absolute Gasteiger partial charge is 0.206 e. The molecule has 6 heteroatoms. The van der Waals surface area contributed by atoms with Gasteiger partial charge in [-0.25, -0.2) is 4.68 Å². The van der Waals surface area contributed by atoms with E-state index >= 15 is 0 Å². The SMILES string of the molecule is C=CCN=c1scc(-c2ccc(OC)cc2OC)n1N=C1CCCc2ccccc21. The molecule has 0 aliphatic heterocycles. The fourth-order valence-corrected chi connectivity index (χ4v) is 4.50. The van der Waals surface area contributed by atoms with Gasteiger partial charge in [-0.2, -0.15) is 5.10 Å². The van der Waals surface area contributed by atoms with Crippen molar-refractivity contribution in [2.75, 3.05) is 20.8 Å². The van der Waals surface area contributed by atoms with Gasteiger partial charge in [0.1, 0.15) is 11.5 Å². The van der Waals surface area contributed by atoms with E-state index in [9.17, 15) is 0 Å². The molecule has 0 atom stereocenters. The van der Waals surface area contributed by atoms with Crippen LogP contribution in [0.3, 0.4) is 0 Å². The van der Waals surface area contributed by atoms with Crippen molar-refractivity contribution in [3.05, 3.63) is 76.4 Å². The quantitative estimate of drug-likeness (QED) is 0.533. The maximum atomic E-state index is 5.65. The van der Waals surface area contributed by atoms with Crippen LogP contribution in [0, 0.1) is 0 Å². The van der Waals surface area contributed by atoms with Gasteiger partial charge in [0.25, 0.3) is 0 Å². The zero-order valence-electron chi connectivity index (χ0n) is 17.3. The molecule has 0 bridgehead atoms. The van der Waals surface area contributed by atoms with Gasteiger partial charge in [0.15, 0.2) is 0 Å². The van der Waals surface area contributed by atoms with Crippen molar-refractivity contribution in [2.24, 2.45) is 10.1 Å². The highest BCUT2D eigenvalue weighted by molar-refractivity contribution is 7.07. The highest BCUT2D eigenvalue weighted by Crippen LogP contribution is 2.34. The number of benzene rings is 2. The molecule has 154 valence electrons. The number of aryl methyl sites for hydroxylation is 1. The summed E-state index contributed by atoms with van der Waals surface area (Å²) in [4.78, 5) is 5.50. The minimum Gasteiger partial charge on any atom is -0.497 e. The Hall–Kier alpha value is -3.12. The molecule has 0 unspecified atom stereocenters. The Bertz CT molecular complexity index is 1160. The summed E-state index contributed by atoms with van der Waals surface area (Å²) in [5, 5.41) is 7.17. The van der Waals surface area contributed by atoms with Crippen LogP contribution in [0.5, 0.6) is 11.5 Å². The largest absolute Gasteiger partial charge is 0.497 e. The molecule has 0 saturated carbocycles. The molecule has 0 N–H and O–H groups in total. The monoisotopic (exact) mass is 419 g/mol. The van der Waals surface area contributed by atoms with E-state index in [2.05, 4.69) is 41.2 Å². The standard InChI is InChI=1S/C24H25N3O2S/c1-4-14-25-24-27(26-21-11-7-9-17-8-5-6-10-19(17)21)22(16-30-24)20-13-12-18(28-2)15-23(20)29-3/h4-6,8,10,12-13,15-16H,1,7,9,11,14H2,2-3H3. The Labute approximate surface area is 180 Å². The van der Waals surface area contributed by atoms with Crippen molar-refractivity contribution in [3.63, 3.8) is 0 Å². The van der Waals surface area contributed by atoms with Gasteiger partial charge in [0, 0.05) is 22.6 Å². The van der Waals surface area contributed by atoms with E-state index in [1.807, 2.05) is 22.9 Å². The minimum absolute atomic E-state index is 0.543. The van der Waals surface area contributed by atoms with E-state index in [0.717, 1.165) is 52.5 Å². The van der Waals surface area contributed by atoms with Gasteiger partial charge in [0.05, 0.1) is 32.2 Å². The summed E-state index contributed by atoms with van der Waals surface area (Å²) >= 11 is 1.56. The van der Waals surface area contributed by atoms with Gasteiger partial charge in [-0.05, 0) is 37.0 Å². The lowest BCUT2D eigenvalue weighted by Crippen LogP contribution is -2.18. The lowest BCUT2D eigenvalue weighted by molar-refractivity contribution is 0.395. The zero-order valence-corrected chi connectivity index (χ0v) is 18.1. The normalized spacial score (nSPS) is 15.1. The van der Waals surface area contributed by atoms with E-state index in [-0.39, 0.29) is 0 Å². The summed E-state index contributed by atoms with van der Waals surface area (Å²) in [7, 11) is 3.32. The molecule has 0 saturated heterocycles. The summed E-state index contributed by atoms with van der Waals surface area (Å²) in [6.07, 6.45) is 4.93. The number of rotatable bonds is 6. The van der Waals surface area contributed by atoms with E-state index < -0.39 is 0 Å². The number of nitrogens with zero attached hydrogens (tertiary/aromatic N) is 3. The van der Waals surface area contributed by atoms with Crippen LogP contribution in [0.15, 0.2) is 70.6 Å². The van der Waals surface area contributed by atoms with Gasteiger partial charge in [-0.3, -0.25) is 4.99 Å². The van der Waals surface area contributed by atoms with Crippen LogP contribution in [0.1, 0.15) is 24.0 Å². The van der Waals surface area contributed by atoms with Crippen molar-refractivity contribution >= 4 is 17.0 Å². The highest BCUT2D eigenvalue weighted by atomic mass is 32.1. The number of fused-ring (bicyclic) bond motifs is 1. The minimum atomic E-state index is 0.543. The first-order valence-corrected chi connectivity index (χ1v) is 10.8. The Balaban J connectivity index is 1.90. The lowest BCUT2D eigenvalue weighted by Gasteiger charge is -2.18. The molecule has 2 aromatic carbocycles. The van der Waals surface area contributed by atoms with Crippen LogP contribution in [-0.2, 0) is 6.42 Å². The molecule has 0 amide bonds. The Kier molecular flexibility index (Phi) is 6.14. The van der Waals surface area contributed by atoms with E-state index in [1.54, 1.807) is 31.6 Å². The topological polar surface area (TPSA) is 48.1 Å². The van der Waals surface area contributed by atoms with Gasteiger partial charge < -0.3 is 9.47 Å². The number of ether oxygens (including phenoxy) is 2. The molecule has 5 nitrogen and oxygen atoms in total. The molecular formula is C24H25N3O2S. The Morgan fingerprint density at radius 3 is 2.77 bits per heavy atom. The Morgan fingerprint density at radius 2 is 1.97 bits per heavy atom. The molecule has 0 radical (unpaired) electrons. The van der Waals surface area contributed by atoms with Crippen LogP contribution in [0.2, 0.25) is 0 Å². The first-order valence-electron chi connectivity index (χ1n) is 9.95. The van der Waals surface area contributed by atoms with Crippen molar-refractivity contribution < 1.29 is 9.47 Å². The van der Waals surface area contributed by atoms with Crippen molar-refractivity contribution in [1.29, 1.82) is 0 Å². The van der Waals surface area contributed by atoms with Crippen molar-refractivity contribution in [1.82, 2.24) is 4.68 Å². The van der Waals surface area contributed by atoms with E-state index in [4.69, 9.17) is 14.6 Å². The molecule has 4 rings (SSSR count). The predicted octanol–water partition coefficient (Wildman–Crippen LogP) is 4.91. The van der Waals surface area contributed by atoms with Gasteiger partial charge in [-0.1, -0.05) is 30.3 Å². The summed E-state index contributed by atoms with van der Waals surface area (Å²) < 4.78 is 12.9. The van der Waals surface area contributed by atoms with Crippen LogP contribution in [-0.4, -0.2) is 31.2 Å². The third kappa shape index (κ3) is 3.96. The summed E-state index contributed by atoms with van der Waals surface area (Å²) in [5.41, 5.74) is 5.56. The van der Waals surface area contributed by atoms with Crippen molar-refractivity contribution in [2.45, 2.75) is 19.3 Å². The van der Waals surface area contributed by atoms with Crippen LogP contribution in [0.4, 0.5) is 0 Å². The molecular weight excluding hydrogens is 394 g/mol. The fraction of sp³-hybridized carbons (Fsp3) is 0.250. The molecule has 1 aliphatic rings. The molecule has 3 aromatic rings. The second-order valence-corrected chi connectivity index (χ2v) is 7.80. The van der Waals surface area contributed by atoms with Crippen LogP contribution < -0.4 is 14.3 Å². The first kappa shape index (κ1) is 20.2. The summed E-state index contributed by atoms with van der Waals surface area (Å²) in [5.74, 6) is 1.49. The molecule has 0 spiro atoms. The first-order chi connectivity index (χ1) is 14.7. The average molecular weight is 420 g/mol. The predicted molar refractivity (Wildman–Crippen MR) is 123 cm³/mol. The number of hydrogen-bond donors (Lipinski definition) is 0. The molecule has 1 aliphatic carbocycles. The van der Waals surface area contributed by atoms with Crippen molar-refractivity contribution in [3.8, 4) is 22.8 Å². The summed E-state index contributed by atoms with van der Waals surface area (Å²) in [6.45, 7) is 4.34. The third-order valence-corrected chi connectivity index (χ3v) is 5.99. The fourth-order valence-electron chi connectivity index (χ4n) is 3.67. The molecule has 1 heterocycles. The number of aromatic nitrogens is 1. The Morgan fingerprint density at radius 1 is 1.10 bits per heavy atom. The number of hydrogen-bond acceptors (Lipinski definition) is 5. The zero-order chi connectivity index (χ0) is 20.9. The molecule has 0 fully saturated rings. The van der Waals surface area contributed by atoms with Crippen LogP contribution >= 0.6 is 11.3 Å². The lowest BCUT2D eigenvalue weighted by atomic mass is 9.90. The second-order valence-electron chi connectivity index (χ2n) is 6.97. The highest BCUT2D eigenvalue weighted by Gasteiger charge is 2.18. The summed E-state index contributed by atoms with van der Waals surface area (Å²) in [6, 6.07) is 14.4. The third-order valence-electron chi connectivity index (χ3n) is 5.13. The maximum absolute atomic E-state index is 5.65. The number of thiazole rings is 1. The molecule has 30 heavy (non-hydrogen) atoms. The second kappa shape index (κ2) is 9.13. The van der Waals surface area contributed by atoms with E-state index in [1.165, 1.54) is 11.1 Å². The van der Waals surface area contributed by atoms with Gasteiger partial charge in [0.2, 0.25) is 4.80 Å². The van der Waals surface area contributed by atoms with Gasteiger partial charge in [-0.15, -0.1) is 17.9 Å². The van der Waals surface area contributed by atoms with Crippen LogP contribution in [0.25, 0.3) is 11.3 Å². The van der Waals surface area contributed by atoms with Gasteiger partial charge >= 0.3 is 0 Å². The maximum Gasteiger partial charge on any atom is 0.206 e. The number of methoxy groups -OCH3 is 2. The van der Waals surface area contributed by atoms with E-state index in [0.29, 0.717) is 6.54 Å². The average Bonchev–Trinajstić information content (AvgIpc) is 3.19. The molecule has 1 aromatic heterocycles.